The van der Waals surface area contributed by atoms with Gasteiger partial charge in [-0.1, -0.05) is 70.2 Å². The lowest BCUT2D eigenvalue weighted by molar-refractivity contribution is 0.513. The molecular weight excluding hydrogens is 204 g/mol. The Labute approximate surface area is 107 Å². The van der Waals surface area contributed by atoms with Gasteiger partial charge in [-0.15, -0.1) is 0 Å². The fraction of sp³-hybridized carbons (Fsp3) is 0.647. The quantitative estimate of drug-likeness (QED) is 0.493. The van der Waals surface area contributed by atoms with Crippen molar-refractivity contribution in [2.24, 2.45) is 0 Å². The molecule has 0 heterocycles. The van der Waals surface area contributed by atoms with Gasteiger partial charge in [0.15, 0.2) is 0 Å². The smallest absolute Gasteiger partial charge is 0.0159 e. The van der Waals surface area contributed by atoms with Crippen LogP contribution in [0.2, 0.25) is 0 Å². The number of rotatable bonds is 8. The molecule has 0 nitrogen and oxygen atoms in total. The first-order valence-corrected chi connectivity index (χ1v) is 7.35. The monoisotopic (exact) mass is 232 g/mol. The highest BCUT2D eigenvalue weighted by Crippen LogP contribution is 2.29. The minimum Gasteiger partial charge on any atom is -0.0654 e. The molecule has 0 aliphatic carbocycles. The van der Waals surface area contributed by atoms with Crippen molar-refractivity contribution in [2.75, 3.05) is 0 Å². The van der Waals surface area contributed by atoms with Crippen molar-refractivity contribution in [2.45, 2.75) is 71.6 Å². The lowest BCUT2D eigenvalue weighted by atomic mass is 9.86. The summed E-state index contributed by atoms with van der Waals surface area (Å²) >= 11 is 0. The molecule has 17 heavy (non-hydrogen) atoms. The van der Waals surface area contributed by atoms with Gasteiger partial charge in [0.1, 0.15) is 0 Å². The van der Waals surface area contributed by atoms with Gasteiger partial charge in [-0.2, -0.15) is 0 Å². The van der Waals surface area contributed by atoms with Crippen molar-refractivity contribution in [1.82, 2.24) is 0 Å². The predicted octanol–water partition coefficient (Wildman–Crippen LogP) is 5.85. The third-order valence-electron chi connectivity index (χ3n) is 3.69. The Hall–Kier alpha value is -0.780. The Morgan fingerprint density at radius 3 is 2.18 bits per heavy atom. The van der Waals surface area contributed by atoms with Crippen LogP contribution in [-0.2, 0) is 0 Å². The maximum atomic E-state index is 2.33. The molecule has 0 saturated carbocycles. The molecule has 96 valence electrons. The van der Waals surface area contributed by atoms with Crippen LogP contribution in [0.25, 0.3) is 0 Å². The van der Waals surface area contributed by atoms with Crippen molar-refractivity contribution in [3.8, 4) is 0 Å². The summed E-state index contributed by atoms with van der Waals surface area (Å²) in [5, 5.41) is 0. The molecule has 0 spiro atoms. The second kappa shape index (κ2) is 8.33. The highest BCUT2D eigenvalue weighted by atomic mass is 14.2. The van der Waals surface area contributed by atoms with E-state index in [-0.39, 0.29) is 0 Å². The van der Waals surface area contributed by atoms with Crippen LogP contribution in [0.4, 0.5) is 0 Å². The first-order chi connectivity index (χ1) is 8.29. The van der Waals surface area contributed by atoms with Crippen molar-refractivity contribution in [3.05, 3.63) is 35.4 Å². The number of hydrogen-bond acceptors (Lipinski definition) is 0. The van der Waals surface area contributed by atoms with Crippen LogP contribution >= 0.6 is 0 Å². The largest absolute Gasteiger partial charge is 0.0654 e. The van der Waals surface area contributed by atoms with Crippen LogP contribution in [0.15, 0.2) is 24.3 Å². The lowest BCUT2D eigenvalue weighted by Crippen LogP contribution is -2.01. The van der Waals surface area contributed by atoms with E-state index in [2.05, 4.69) is 45.0 Å². The van der Waals surface area contributed by atoms with Crippen LogP contribution in [0, 0.1) is 6.92 Å². The van der Waals surface area contributed by atoms with E-state index in [0.717, 1.165) is 5.92 Å². The average Bonchev–Trinajstić information content (AvgIpc) is 2.35. The first kappa shape index (κ1) is 14.3. The Bertz CT molecular complexity index is 301. The van der Waals surface area contributed by atoms with E-state index in [1.54, 1.807) is 5.56 Å². The minimum absolute atomic E-state index is 0.794. The third-order valence-corrected chi connectivity index (χ3v) is 3.69. The van der Waals surface area contributed by atoms with Gasteiger partial charge < -0.3 is 0 Å². The Morgan fingerprint density at radius 2 is 1.53 bits per heavy atom. The summed E-state index contributed by atoms with van der Waals surface area (Å²) in [4.78, 5) is 0. The molecule has 1 aromatic rings. The number of unbranched alkanes of at least 4 members (excludes halogenated alkanes) is 3. The van der Waals surface area contributed by atoms with Gasteiger partial charge >= 0.3 is 0 Å². The molecule has 0 aliphatic heterocycles. The van der Waals surface area contributed by atoms with Crippen LogP contribution < -0.4 is 0 Å². The molecule has 1 atom stereocenters. The van der Waals surface area contributed by atoms with E-state index >= 15 is 0 Å². The molecule has 0 N–H and O–H groups in total. The van der Waals surface area contributed by atoms with Gasteiger partial charge in [-0.3, -0.25) is 0 Å². The fourth-order valence-electron chi connectivity index (χ4n) is 2.59. The highest BCUT2D eigenvalue weighted by Gasteiger charge is 2.12. The SMILES string of the molecule is CCCCCC(CCCC)c1ccccc1C. The maximum Gasteiger partial charge on any atom is -0.0159 e. The summed E-state index contributed by atoms with van der Waals surface area (Å²) in [5.41, 5.74) is 3.07. The van der Waals surface area contributed by atoms with E-state index < -0.39 is 0 Å². The number of benzene rings is 1. The zero-order valence-electron chi connectivity index (χ0n) is 11.8. The molecule has 1 rings (SSSR count). The predicted molar refractivity (Wildman–Crippen MR) is 77.6 cm³/mol. The van der Waals surface area contributed by atoms with E-state index in [4.69, 9.17) is 0 Å². The molecule has 0 radical (unpaired) electrons. The van der Waals surface area contributed by atoms with Crippen molar-refractivity contribution in [3.63, 3.8) is 0 Å². The molecule has 1 unspecified atom stereocenters. The van der Waals surface area contributed by atoms with Crippen LogP contribution in [0.3, 0.4) is 0 Å². The van der Waals surface area contributed by atoms with Crippen LogP contribution in [0.5, 0.6) is 0 Å². The summed E-state index contributed by atoms with van der Waals surface area (Å²) < 4.78 is 0. The summed E-state index contributed by atoms with van der Waals surface area (Å²) in [5.74, 6) is 0.794. The summed E-state index contributed by atoms with van der Waals surface area (Å²) in [6.07, 6.45) is 9.52. The fourth-order valence-corrected chi connectivity index (χ4v) is 2.59. The molecule has 0 bridgehead atoms. The zero-order valence-corrected chi connectivity index (χ0v) is 11.8. The topological polar surface area (TPSA) is 0 Å². The van der Waals surface area contributed by atoms with E-state index in [9.17, 15) is 0 Å². The van der Waals surface area contributed by atoms with Gasteiger partial charge in [0.25, 0.3) is 0 Å². The molecule has 0 aliphatic rings. The minimum atomic E-state index is 0.794. The third kappa shape index (κ3) is 4.93. The standard InChI is InChI=1S/C17H28/c1-4-6-8-13-16(12-7-5-2)17-14-10-9-11-15(17)3/h9-11,14,16H,4-8,12-13H2,1-3H3. The van der Waals surface area contributed by atoms with Gasteiger partial charge in [-0.25, -0.2) is 0 Å². The molecule has 0 amide bonds. The average molecular weight is 232 g/mol. The lowest BCUT2D eigenvalue weighted by Gasteiger charge is -2.19. The van der Waals surface area contributed by atoms with Crippen molar-refractivity contribution in [1.29, 1.82) is 0 Å². The Kier molecular flexibility index (Phi) is 7.00. The second-order valence-corrected chi connectivity index (χ2v) is 5.19. The molecule has 0 heteroatoms. The first-order valence-electron chi connectivity index (χ1n) is 7.35. The van der Waals surface area contributed by atoms with E-state index in [1.807, 2.05) is 0 Å². The van der Waals surface area contributed by atoms with E-state index in [1.165, 1.54) is 50.5 Å². The number of aryl methyl sites for hydroxylation is 1. The molecule has 0 fully saturated rings. The molecule has 1 aromatic carbocycles. The Balaban J connectivity index is 2.64. The normalized spacial score (nSPS) is 12.6. The van der Waals surface area contributed by atoms with Gasteiger partial charge in [0, 0.05) is 0 Å². The molecule has 0 saturated heterocycles. The number of hydrogen-bond donors (Lipinski definition) is 0. The summed E-state index contributed by atoms with van der Waals surface area (Å²) in [6, 6.07) is 8.94. The van der Waals surface area contributed by atoms with Gasteiger partial charge in [-0.05, 0) is 36.8 Å². The van der Waals surface area contributed by atoms with Crippen molar-refractivity contribution < 1.29 is 0 Å². The Morgan fingerprint density at radius 1 is 0.882 bits per heavy atom. The van der Waals surface area contributed by atoms with Crippen LogP contribution in [0.1, 0.15) is 75.8 Å². The summed E-state index contributed by atoms with van der Waals surface area (Å²) in [6.45, 7) is 6.84. The second-order valence-electron chi connectivity index (χ2n) is 5.19. The van der Waals surface area contributed by atoms with E-state index in [0.29, 0.717) is 0 Å². The van der Waals surface area contributed by atoms with Crippen LogP contribution in [-0.4, -0.2) is 0 Å². The van der Waals surface area contributed by atoms with Gasteiger partial charge in [0.05, 0.1) is 0 Å². The molecular formula is C17H28. The zero-order chi connectivity index (χ0) is 12.5. The maximum absolute atomic E-state index is 2.33. The summed E-state index contributed by atoms with van der Waals surface area (Å²) in [7, 11) is 0. The highest BCUT2D eigenvalue weighted by molar-refractivity contribution is 5.29. The molecule has 0 aromatic heterocycles. The van der Waals surface area contributed by atoms with Crippen molar-refractivity contribution >= 4 is 0 Å². The van der Waals surface area contributed by atoms with Gasteiger partial charge in [0.2, 0.25) is 0 Å².